The Balaban J connectivity index is 2.35. The summed E-state index contributed by atoms with van der Waals surface area (Å²) in [7, 11) is 2.04. The molecule has 0 radical (unpaired) electrons. The molecule has 7 nitrogen and oxygen atoms in total. The second kappa shape index (κ2) is 6.24. The fourth-order valence-electron chi connectivity index (χ4n) is 3.25. The van der Waals surface area contributed by atoms with E-state index in [1.54, 1.807) is 0 Å². The van der Waals surface area contributed by atoms with Crippen molar-refractivity contribution in [1.29, 1.82) is 0 Å². The Kier molecular flexibility index (Phi) is 4.28. The van der Waals surface area contributed by atoms with E-state index in [-0.39, 0.29) is 5.56 Å². The highest BCUT2D eigenvalue weighted by Crippen LogP contribution is 2.29. The molecule has 1 fully saturated rings. The topological polar surface area (TPSA) is 78.7 Å². The summed E-state index contributed by atoms with van der Waals surface area (Å²) in [5.41, 5.74) is 1.23. The lowest BCUT2D eigenvalue weighted by Gasteiger charge is -2.35. The van der Waals surface area contributed by atoms with Crippen LogP contribution in [0.3, 0.4) is 0 Å². The van der Waals surface area contributed by atoms with Gasteiger partial charge in [-0.15, -0.1) is 0 Å². The van der Waals surface area contributed by atoms with Gasteiger partial charge in [0.1, 0.15) is 11.2 Å². The summed E-state index contributed by atoms with van der Waals surface area (Å²) in [6.07, 6.45) is 0. The zero-order chi connectivity index (χ0) is 17.4. The van der Waals surface area contributed by atoms with Crippen LogP contribution in [0.4, 0.5) is 5.69 Å². The van der Waals surface area contributed by atoms with Gasteiger partial charge in [-0.2, -0.15) is 0 Å². The quantitative estimate of drug-likeness (QED) is 0.910. The first-order valence-corrected chi connectivity index (χ1v) is 8.15. The summed E-state index contributed by atoms with van der Waals surface area (Å²) in [5, 5.41) is 10.4. The number of anilines is 1. The fraction of sp³-hybridized carbons (Fsp3) is 0.471. The van der Waals surface area contributed by atoms with E-state index < -0.39 is 11.5 Å². The summed E-state index contributed by atoms with van der Waals surface area (Å²) >= 11 is 0. The van der Waals surface area contributed by atoms with E-state index in [4.69, 9.17) is 0 Å². The van der Waals surface area contributed by atoms with Gasteiger partial charge in [-0.3, -0.25) is 9.36 Å². The third-order valence-electron chi connectivity index (χ3n) is 4.57. The maximum absolute atomic E-state index is 12.8. The smallest absolute Gasteiger partial charge is 0.343 e. The van der Waals surface area contributed by atoms with Gasteiger partial charge in [-0.1, -0.05) is 0 Å². The number of aromatic nitrogens is 2. The Morgan fingerprint density at radius 1 is 1.25 bits per heavy atom. The molecule has 3 rings (SSSR count). The molecule has 0 unspecified atom stereocenters. The van der Waals surface area contributed by atoms with Gasteiger partial charge < -0.3 is 14.9 Å². The number of carboxylic acid groups (broad SMARTS) is 1. The number of carboxylic acids is 1. The Bertz CT molecular complexity index is 851. The largest absolute Gasteiger partial charge is 0.477 e. The van der Waals surface area contributed by atoms with Crippen LogP contribution in [0.2, 0.25) is 0 Å². The molecule has 1 saturated heterocycles. The van der Waals surface area contributed by atoms with E-state index in [9.17, 15) is 14.7 Å². The summed E-state index contributed by atoms with van der Waals surface area (Å²) in [6, 6.07) is 3.74. The van der Waals surface area contributed by atoms with Crippen molar-refractivity contribution in [1.82, 2.24) is 14.5 Å². The predicted molar refractivity (Wildman–Crippen MR) is 93.1 cm³/mol. The number of nitrogens with zero attached hydrogens (tertiary/aromatic N) is 4. The van der Waals surface area contributed by atoms with Crippen LogP contribution in [0.15, 0.2) is 16.9 Å². The van der Waals surface area contributed by atoms with Crippen molar-refractivity contribution < 1.29 is 9.90 Å². The molecule has 7 heteroatoms. The van der Waals surface area contributed by atoms with E-state index in [0.717, 1.165) is 24.2 Å². The molecule has 0 aromatic carbocycles. The second-order valence-corrected chi connectivity index (χ2v) is 6.19. The molecule has 0 saturated carbocycles. The molecule has 0 amide bonds. The van der Waals surface area contributed by atoms with Crippen molar-refractivity contribution in [3.05, 3.63) is 33.7 Å². The number of aromatic carboxylic acids is 1. The minimum absolute atomic E-state index is 0.153. The van der Waals surface area contributed by atoms with Crippen LogP contribution in [0.1, 0.15) is 23.0 Å². The normalized spacial score (nSPS) is 15.9. The number of fused-ring (bicyclic) bond motifs is 1. The van der Waals surface area contributed by atoms with E-state index in [1.807, 2.05) is 37.9 Å². The van der Waals surface area contributed by atoms with Crippen molar-refractivity contribution in [3.8, 4) is 0 Å². The van der Waals surface area contributed by atoms with Crippen molar-refractivity contribution in [2.75, 3.05) is 38.1 Å². The van der Waals surface area contributed by atoms with Crippen LogP contribution in [-0.2, 0) is 6.54 Å². The van der Waals surface area contributed by atoms with Gasteiger partial charge in [0.25, 0.3) is 5.56 Å². The predicted octanol–water partition coefficient (Wildman–Crippen LogP) is 1.17. The Morgan fingerprint density at radius 3 is 2.50 bits per heavy atom. The Morgan fingerprint density at radius 2 is 1.92 bits per heavy atom. The van der Waals surface area contributed by atoms with Gasteiger partial charge in [-0.25, -0.2) is 9.78 Å². The van der Waals surface area contributed by atoms with E-state index in [2.05, 4.69) is 9.88 Å². The molecule has 0 aliphatic carbocycles. The average molecular weight is 330 g/mol. The van der Waals surface area contributed by atoms with Gasteiger partial charge >= 0.3 is 5.97 Å². The molecule has 1 N–H and O–H groups in total. The van der Waals surface area contributed by atoms with Gasteiger partial charge in [-0.05, 0) is 33.0 Å². The molecule has 1 aliphatic heterocycles. The van der Waals surface area contributed by atoms with E-state index >= 15 is 0 Å². The van der Waals surface area contributed by atoms with Crippen LogP contribution in [0.25, 0.3) is 11.0 Å². The minimum atomic E-state index is -1.18. The minimum Gasteiger partial charge on any atom is -0.477 e. The second-order valence-electron chi connectivity index (χ2n) is 6.19. The number of rotatable bonds is 3. The third kappa shape index (κ3) is 2.65. The highest BCUT2D eigenvalue weighted by atomic mass is 16.4. The summed E-state index contributed by atoms with van der Waals surface area (Å²) in [4.78, 5) is 33.4. The van der Waals surface area contributed by atoms with Gasteiger partial charge in [0.2, 0.25) is 0 Å². The highest BCUT2D eigenvalue weighted by Gasteiger charge is 2.27. The molecule has 3 heterocycles. The molecule has 0 spiro atoms. The first kappa shape index (κ1) is 16.4. The maximum Gasteiger partial charge on any atom is 0.343 e. The Hall–Kier alpha value is -2.41. The molecule has 1 aliphatic rings. The number of likely N-dealkylation sites (N-methyl/N-ethyl adjacent to an activating group) is 1. The SMILES string of the molecule is CCn1c(=O)c(C(=O)O)c(N2CCN(C)CC2)c2ccc(C)nc21. The van der Waals surface area contributed by atoms with Crippen LogP contribution >= 0.6 is 0 Å². The zero-order valence-electron chi connectivity index (χ0n) is 14.2. The maximum atomic E-state index is 12.8. The van der Waals surface area contributed by atoms with Crippen molar-refractivity contribution in [2.45, 2.75) is 20.4 Å². The number of hydrogen-bond acceptors (Lipinski definition) is 5. The van der Waals surface area contributed by atoms with E-state index in [0.29, 0.717) is 31.0 Å². The molecule has 0 atom stereocenters. The first-order chi connectivity index (χ1) is 11.4. The van der Waals surface area contributed by atoms with Gasteiger partial charge in [0.05, 0.1) is 5.69 Å². The molecule has 2 aromatic heterocycles. The van der Waals surface area contributed by atoms with Crippen LogP contribution in [0.5, 0.6) is 0 Å². The van der Waals surface area contributed by atoms with Crippen LogP contribution < -0.4 is 10.5 Å². The van der Waals surface area contributed by atoms with Gasteiger partial charge in [0, 0.05) is 43.8 Å². The third-order valence-corrected chi connectivity index (χ3v) is 4.57. The molecular weight excluding hydrogens is 308 g/mol. The van der Waals surface area contributed by atoms with Gasteiger partial charge in [0.15, 0.2) is 0 Å². The molecular formula is C17H22N4O3. The standard InChI is InChI=1S/C17H22N4O3/c1-4-21-15-12(6-5-11(2)18-15)14(13(16(21)22)17(23)24)20-9-7-19(3)8-10-20/h5-6H,4,7-10H2,1-3H3,(H,23,24). The van der Waals surface area contributed by atoms with Crippen LogP contribution in [0, 0.1) is 6.92 Å². The number of carbonyl (C=O) groups is 1. The number of aryl methyl sites for hydroxylation is 2. The van der Waals surface area contributed by atoms with Crippen molar-refractivity contribution in [2.24, 2.45) is 0 Å². The molecule has 24 heavy (non-hydrogen) atoms. The van der Waals surface area contributed by atoms with Crippen molar-refractivity contribution in [3.63, 3.8) is 0 Å². The summed E-state index contributed by atoms with van der Waals surface area (Å²) in [6.45, 7) is 7.11. The molecule has 2 aromatic rings. The molecule has 0 bridgehead atoms. The molecule has 128 valence electrons. The van der Waals surface area contributed by atoms with Crippen molar-refractivity contribution >= 4 is 22.7 Å². The lowest BCUT2D eigenvalue weighted by atomic mass is 10.1. The zero-order valence-corrected chi connectivity index (χ0v) is 14.2. The lowest BCUT2D eigenvalue weighted by Crippen LogP contribution is -2.46. The lowest BCUT2D eigenvalue weighted by molar-refractivity contribution is 0.0695. The Labute approximate surface area is 140 Å². The number of pyridine rings is 2. The monoisotopic (exact) mass is 330 g/mol. The van der Waals surface area contributed by atoms with Crippen LogP contribution in [-0.4, -0.2) is 58.8 Å². The highest BCUT2D eigenvalue weighted by molar-refractivity contribution is 6.04. The first-order valence-electron chi connectivity index (χ1n) is 8.15. The fourth-order valence-corrected chi connectivity index (χ4v) is 3.25. The number of hydrogen-bond donors (Lipinski definition) is 1. The summed E-state index contributed by atoms with van der Waals surface area (Å²) in [5.74, 6) is -1.18. The summed E-state index contributed by atoms with van der Waals surface area (Å²) < 4.78 is 1.45. The average Bonchev–Trinajstić information content (AvgIpc) is 2.54. The number of piperazine rings is 1. The van der Waals surface area contributed by atoms with E-state index in [1.165, 1.54) is 4.57 Å².